The molecule has 94 heavy (non-hydrogen) atoms. The van der Waals surface area contributed by atoms with Crippen molar-refractivity contribution in [3.8, 4) is 0 Å². The Balaban J connectivity index is 0.0000140. The van der Waals surface area contributed by atoms with E-state index in [0.717, 1.165) is 42.6 Å². The largest absolute Gasteiger partial charge is 1.00 e. The molecule has 7 rings (SSSR count). The molecule has 4 aromatic rings. The predicted octanol–water partition coefficient (Wildman–Crippen LogP) is 4.38. The van der Waals surface area contributed by atoms with Crippen LogP contribution in [0, 0.1) is 0 Å². The number of nitrogens with zero attached hydrogens (tertiary/aromatic N) is 3. The molecule has 3 heterocycles. The third kappa shape index (κ3) is 23.3. The summed E-state index contributed by atoms with van der Waals surface area (Å²) in [6, 6.07) is 25.7. The number of nitrogens with one attached hydrogen (secondary N) is 1. The number of allylic oxidation sites excluding steroid dienone is 8. The van der Waals surface area contributed by atoms with Gasteiger partial charge in [0.15, 0.2) is 5.71 Å². The number of carbonyl (C=O) groups excluding carboxylic acids is 4. The van der Waals surface area contributed by atoms with Crippen LogP contribution in [0.2, 0.25) is 0 Å². The topological polar surface area (TPSA) is 287 Å². The smallest absolute Gasteiger partial charge is 0.748 e. The molecular formula is C68H89N4NaO19S2. The van der Waals surface area contributed by atoms with Crippen molar-refractivity contribution in [2.45, 2.75) is 95.1 Å². The number of hydroxylamine groups is 2. The molecule has 1 saturated heterocycles. The van der Waals surface area contributed by atoms with Crippen LogP contribution in [0.5, 0.6) is 0 Å². The number of imide groups is 1. The zero-order valence-corrected chi connectivity index (χ0v) is 58.4. The molecule has 3 aliphatic heterocycles. The Hall–Kier alpha value is -5.59. The Kier molecular flexibility index (Phi) is 32.1. The summed E-state index contributed by atoms with van der Waals surface area (Å²) in [5, 5.41) is 5.68. The summed E-state index contributed by atoms with van der Waals surface area (Å²) in [5.41, 5.74) is 6.58. The van der Waals surface area contributed by atoms with Crippen LogP contribution in [-0.2, 0) is 93.0 Å². The van der Waals surface area contributed by atoms with Gasteiger partial charge in [0.25, 0.3) is 11.8 Å². The molecule has 4 aromatic carbocycles. The monoisotopic (exact) mass is 1350 g/mol. The third-order valence-electron chi connectivity index (χ3n) is 16.0. The van der Waals surface area contributed by atoms with Gasteiger partial charge in [-0.25, -0.2) is 21.6 Å². The molecule has 0 bridgehead atoms. The van der Waals surface area contributed by atoms with E-state index < -0.39 is 49.7 Å². The van der Waals surface area contributed by atoms with Crippen LogP contribution in [0.15, 0.2) is 121 Å². The predicted molar refractivity (Wildman–Crippen MR) is 349 cm³/mol. The zero-order valence-electron chi connectivity index (χ0n) is 54.8. The summed E-state index contributed by atoms with van der Waals surface area (Å²) in [5.74, 6) is -3.86. The van der Waals surface area contributed by atoms with Crippen LogP contribution in [0.1, 0.15) is 90.2 Å². The van der Waals surface area contributed by atoms with Crippen LogP contribution >= 0.6 is 0 Å². The minimum Gasteiger partial charge on any atom is -0.748 e. The molecule has 3 aliphatic rings. The van der Waals surface area contributed by atoms with Crippen molar-refractivity contribution >= 4 is 82.6 Å². The molecule has 0 spiro atoms. The second kappa shape index (κ2) is 39.0. The molecule has 0 saturated carbocycles. The van der Waals surface area contributed by atoms with Crippen LogP contribution in [0.25, 0.3) is 21.5 Å². The van der Waals surface area contributed by atoms with E-state index in [0.29, 0.717) is 118 Å². The fourth-order valence-electron chi connectivity index (χ4n) is 11.5. The maximum absolute atomic E-state index is 12.7. The quantitative estimate of drug-likeness (QED) is 0.0161. The van der Waals surface area contributed by atoms with Gasteiger partial charge in [-0.3, -0.25) is 14.4 Å². The summed E-state index contributed by atoms with van der Waals surface area (Å²) in [4.78, 5) is 55.1. The molecule has 0 aliphatic carbocycles. The number of rotatable bonds is 44. The Morgan fingerprint density at radius 2 is 1.12 bits per heavy atom. The Morgan fingerprint density at radius 3 is 1.68 bits per heavy atom. The molecule has 0 aromatic heterocycles. The molecule has 1 unspecified atom stereocenters. The van der Waals surface area contributed by atoms with Gasteiger partial charge >= 0.3 is 35.5 Å². The van der Waals surface area contributed by atoms with Gasteiger partial charge in [0.1, 0.15) is 21.9 Å². The van der Waals surface area contributed by atoms with E-state index in [9.17, 15) is 45.1 Å². The number of amides is 3. The van der Waals surface area contributed by atoms with Gasteiger partial charge in [-0.05, 0) is 84.8 Å². The average molecular weight is 1350 g/mol. The number of unbranched alkanes of at least 4 members (excludes halogenated alkanes) is 3. The average Bonchev–Trinajstić information content (AvgIpc) is 1.58. The number of hydrogen-bond acceptors (Lipinski definition) is 20. The fraction of sp³-hybridized carbons (Fsp3) is 0.515. The number of carbonyl (C=O) groups is 4. The number of ether oxygens (including phenoxy) is 8. The molecule has 23 nitrogen and oxygen atoms in total. The van der Waals surface area contributed by atoms with Crippen molar-refractivity contribution in [3.05, 3.63) is 132 Å². The van der Waals surface area contributed by atoms with Gasteiger partial charge in [0.2, 0.25) is 11.6 Å². The molecule has 3 amide bonds. The van der Waals surface area contributed by atoms with E-state index in [-0.39, 0.29) is 83.4 Å². The molecule has 0 radical (unpaired) electrons. The zero-order chi connectivity index (χ0) is 66.7. The Bertz CT molecular complexity index is 3550. The minimum atomic E-state index is -5.06. The Labute approximate surface area is 574 Å². The number of benzene rings is 4. The molecule has 1 atom stereocenters. The van der Waals surface area contributed by atoms with E-state index in [2.05, 4.69) is 144 Å². The number of hydrogen-bond donors (Lipinski definition) is 1. The van der Waals surface area contributed by atoms with Crippen LogP contribution < -0.4 is 39.8 Å². The van der Waals surface area contributed by atoms with Crippen molar-refractivity contribution in [1.29, 1.82) is 0 Å². The van der Waals surface area contributed by atoms with Gasteiger partial charge in [-0.1, -0.05) is 98.8 Å². The molecule has 508 valence electrons. The van der Waals surface area contributed by atoms with Crippen LogP contribution in [0.4, 0.5) is 11.4 Å². The number of anilines is 1. The first-order valence-electron chi connectivity index (χ1n) is 31.7. The van der Waals surface area contributed by atoms with Crippen molar-refractivity contribution in [1.82, 2.24) is 10.4 Å². The van der Waals surface area contributed by atoms with Crippen LogP contribution in [-0.4, -0.2) is 201 Å². The van der Waals surface area contributed by atoms with Gasteiger partial charge in [-0.15, -0.1) is 5.06 Å². The summed E-state index contributed by atoms with van der Waals surface area (Å²) < 4.78 is 114. The number of fused-ring (bicyclic) bond motifs is 6. The van der Waals surface area contributed by atoms with Crippen LogP contribution in [0.3, 0.4) is 0 Å². The Morgan fingerprint density at radius 1 is 0.596 bits per heavy atom. The summed E-state index contributed by atoms with van der Waals surface area (Å²) in [6.07, 6.45) is 17.3. The second-order valence-corrected chi connectivity index (χ2v) is 26.5. The van der Waals surface area contributed by atoms with Gasteiger partial charge in [0, 0.05) is 66.2 Å². The van der Waals surface area contributed by atoms with E-state index in [4.69, 9.17) is 37.9 Å². The van der Waals surface area contributed by atoms with E-state index in [1.165, 1.54) is 38.7 Å². The van der Waals surface area contributed by atoms with E-state index >= 15 is 0 Å². The molecule has 1 fully saturated rings. The molecule has 26 heteroatoms. The van der Waals surface area contributed by atoms with Gasteiger partial charge in [-0.2, -0.15) is 4.58 Å². The molecular weight excluding hydrogens is 1260 g/mol. The first kappa shape index (κ1) is 77.4. The first-order valence-corrected chi connectivity index (χ1v) is 34.8. The summed E-state index contributed by atoms with van der Waals surface area (Å²) >= 11 is 0. The third-order valence-corrected chi connectivity index (χ3v) is 17.9. The van der Waals surface area contributed by atoms with Gasteiger partial charge < -0.3 is 62.1 Å². The van der Waals surface area contributed by atoms with Crippen molar-refractivity contribution in [2.24, 2.45) is 0 Å². The van der Waals surface area contributed by atoms with E-state index in [1.54, 1.807) is 0 Å². The SMILES string of the molecule is CC1(C)C(/C=C/C=C/C=C/C=C2\N(CCCCS(=O)(=O)[O-])c3ccc4ccccc4c3C2(C)C)=[N+](CCCCCC(=O)NCCOCCOCCOCCOCCOCCOCCOCCOCCC(=O)ON2C(=O)CC(S(=O)(=O)[O-])C2=O)c2ccc3ccccc3c21.[Na+]. The van der Waals surface area contributed by atoms with Gasteiger partial charge in [0.05, 0.1) is 134 Å². The van der Waals surface area contributed by atoms with Crippen molar-refractivity contribution in [3.63, 3.8) is 0 Å². The van der Waals surface area contributed by atoms with Crippen molar-refractivity contribution < 1.29 is 122 Å². The first-order chi connectivity index (χ1) is 44.7. The summed E-state index contributed by atoms with van der Waals surface area (Å²) in [7, 11) is -9.34. The minimum absolute atomic E-state index is 0. The summed E-state index contributed by atoms with van der Waals surface area (Å²) in [6.45, 7) is 16.1. The standard InChI is InChI=1S/C68H90N4O19S2.Na/c1-67(2)59(23-9-6-5-7-10-24-60-68(3,4)65-55-22-15-13-20-53(55)27-29-57(65)71(60)33-17-18-50-92(77,78)79)70(56-28-26-52-19-12-14-21-54(52)64(56)67)32-16-8-11-25-61(73)69-31-35-84-37-39-86-41-43-88-45-47-90-49-48-89-46-44-87-42-40-85-38-36-83-34-30-63(75)91-72-62(74)51-58(66(72)76)93(80,81)82;/h5-7,9-10,12-15,19-24,26-29,58H,8,11,16-18,25,30-51H2,1-4H3,(H2-,69,73,77,78,79,80,81,82);/q;+1/p-1. The van der Waals surface area contributed by atoms with E-state index in [1.807, 2.05) is 18.2 Å². The fourth-order valence-corrected chi connectivity index (χ4v) is 12.8. The molecule has 1 N–H and O–H groups in total. The maximum Gasteiger partial charge on any atom is 1.00 e. The normalized spacial score (nSPS) is 16.7. The van der Waals surface area contributed by atoms with Crippen molar-refractivity contribution in [2.75, 3.05) is 136 Å². The second-order valence-electron chi connectivity index (χ2n) is 23.4. The maximum atomic E-state index is 12.7.